The molecule has 0 spiro atoms. The fraction of sp³-hybridized carbons (Fsp3) is 0.381. The van der Waals surface area contributed by atoms with Gasteiger partial charge in [0, 0.05) is 20.1 Å². The van der Waals surface area contributed by atoms with Crippen LogP contribution in [-0.4, -0.2) is 40.3 Å². The Balaban J connectivity index is 1.58. The van der Waals surface area contributed by atoms with Crippen LogP contribution in [-0.2, 0) is 7.05 Å². The number of thiazole rings is 1. The van der Waals surface area contributed by atoms with Crippen LogP contribution in [0.15, 0.2) is 24.4 Å². The number of amides is 1. The van der Waals surface area contributed by atoms with Gasteiger partial charge in [0.25, 0.3) is 5.91 Å². The van der Waals surface area contributed by atoms with Crippen molar-refractivity contribution in [2.45, 2.75) is 19.3 Å². The van der Waals surface area contributed by atoms with E-state index in [1.165, 1.54) is 6.07 Å². The van der Waals surface area contributed by atoms with Crippen molar-refractivity contribution < 1.29 is 13.6 Å². The predicted octanol–water partition coefficient (Wildman–Crippen LogP) is 3.22. The Morgan fingerprint density at radius 1 is 1.34 bits per heavy atom. The van der Waals surface area contributed by atoms with Gasteiger partial charge in [-0.15, -0.1) is 0 Å². The van der Waals surface area contributed by atoms with Gasteiger partial charge in [0.15, 0.2) is 11.5 Å². The minimum atomic E-state index is -0.766. The zero-order valence-corrected chi connectivity index (χ0v) is 18.5. The highest BCUT2D eigenvalue weighted by Gasteiger charge is 2.26. The van der Waals surface area contributed by atoms with Gasteiger partial charge in [-0.1, -0.05) is 17.4 Å². The third-order valence-electron chi connectivity index (χ3n) is 5.59. The lowest BCUT2D eigenvalue weighted by molar-refractivity contribution is 0.102. The molecule has 2 aromatic heterocycles. The first kappa shape index (κ1) is 22.2. The van der Waals surface area contributed by atoms with Crippen LogP contribution in [0.5, 0.6) is 0 Å². The quantitative estimate of drug-likeness (QED) is 0.519. The molecule has 0 radical (unpaired) electrons. The van der Waals surface area contributed by atoms with E-state index in [4.69, 9.17) is 11.5 Å². The zero-order valence-electron chi connectivity index (χ0n) is 17.6. The molecule has 1 unspecified atom stereocenters. The second-order valence-electron chi connectivity index (χ2n) is 7.82. The van der Waals surface area contributed by atoms with Crippen LogP contribution in [0.25, 0.3) is 10.6 Å². The number of hydrogen-bond acceptors (Lipinski definition) is 7. The summed E-state index contributed by atoms with van der Waals surface area (Å²) < 4.78 is 30.0. The Hall–Kier alpha value is -3.05. The van der Waals surface area contributed by atoms with Crippen LogP contribution >= 0.6 is 11.3 Å². The molecule has 0 aliphatic carbocycles. The van der Waals surface area contributed by atoms with Crippen molar-refractivity contribution in [3.63, 3.8) is 0 Å². The van der Waals surface area contributed by atoms with Gasteiger partial charge in [-0.25, -0.2) is 13.8 Å². The van der Waals surface area contributed by atoms with Crippen molar-refractivity contribution in [3.8, 4) is 10.6 Å². The zero-order chi connectivity index (χ0) is 22.8. The van der Waals surface area contributed by atoms with Gasteiger partial charge in [0.2, 0.25) is 0 Å². The molecule has 1 atom stereocenters. The molecule has 8 nitrogen and oxygen atoms in total. The third-order valence-corrected chi connectivity index (χ3v) is 6.50. The van der Waals surface area contributed by atoms with Crippen LogP contribution < -0.4 is 21.7 Å². The van der Waals surface area contributed by atoms with E-state index < -0.39 is 17.5 Å². The molecule has 32 heavy (non-hydrogen) atoms. The number of anilines is 3. The third kappa shape index (κ3) is 4.30. The number of aromatic nitrogens is 3. The number of hydrogen-bond donors (Lipinski definition) is 3. The number of nitrogens with zero attached hydrogens (tertiary/aromatic N) is 4. The Bertz CT molecular complexity index is 1110. The fourth-order valence-electron chi connectivity index (χ4n) is 4.11. The number of aryl methyl sites for hydroxylation is 1. The average molecular weight is 462 g/mol. The van der Waals surface area contributed by atoms with Gasteiger partial charge in [0.1, 0.15) is 27.3 Å². The Morgan fingerprint density at radius 2 is 2.09 bits per heavy atom. The smallest absolute Gasteiger partial charge is 0.277 e. The molecule has 1 aliphatic rings. The molecule has 1 fully saturated rings. The van der Waals surface area contributed by atoms with Crippen LogP contribution in [0.1, 0.15) is 29.8 Å². The van der Waals surface area contributed by atoms with Crippen LogP contribution in [0.3, 0.4) is 0 Å². The normalized spacial score (nSPS) is 16.4. The van der Waals surface area contributed by atoms with Crippen molar-refractivity contribution in [1.29, 1.82) is 0 Å². The number of rotatable bonds is 6. The lowest BCUT2D eigenvalue weighted by atomic mass is 9.95. The molecule has 1 aliphatic heterocycles. The molecule has 3 heterocycles. The standard InChI is InChI=1S/C21H25F2N7OS/c1-29-21(30-9-3-4-12(11-30)7-8-24)15(10-26-29)27-19(31)17-18(25)32-20(28-17)16-13(22)5-2-6-14(16)23/h2,5-6,10,12H,3-4,7-9,11,24-25H2,1H3,(H,27,31). The molecular weight excluding hydrogens is 436 g/mol. The molecule has 5 N–H and O–H groups in total. The summed E-state index contributed by atoms with van der Waals surface area (Å²) in [7, 11) is 1.81. The van der Waals surface area contributed by atoms with E-state index in [9.17, 15) is 13.6 Å². The van der Waals surface area contributed by atoms with E-state index in [1.807, 2.05) is 7.05 Å². The summed E-state index contributed by atoms with van der Waals surface area (Å²) in [4.78, 5) is 19.3. The van der Waals surface area contributed by atoms with E-state index in [0.717, 1.165) is 61.6 Å². The number of nitrogens with one attached hydrogen (secondary N) is 1. The molecule has 1 saturated heterocycles. The maximum Gasteiger partial charge on any atom is 0.277 e. The molecule has 0 saturated carbocycles. The van der Waals surface area contributed by atoms with Crippen LogP contribution in [0.2, 0.25) is 0 Å². The molecule has 1 amide bonds. The topological polar surface area (TPSA) is 115 Å². The molecular formula is C21H25F2N7OS. The summed E-state index contributed by atoms with van der Waals surface area (Å²) in [5, 5.41) is 7.20. The molecule has 4 rings (SSSR count). The predicted molar refractivity (Wildman–Crippen MR) is 122 cm³/mol. The summed E-state index contributed by atoms with van der Waals surface area (Å²) in [6, 6.07) is 3.53. The van der Waals surface area contributed by atoms with E-state index >= 15 is 0 Å². The Labute approximate surface area is 188 Å². The summed E-state index contributed by atoms with van der Waals surface area (Å²) in [6.07, 6.45) is 4.67. The van der Waals surface area contributed by atoms with Crippen LogP contribution in [0, 0.1) is 17.6 Å². The SMILES string of the molecule is Cn1ncc(NC(=O)c2nc(-c3c(F)cccc3F)sc2N)c1N1CCCC(CCN)C1. The maximum atomic E-state index is 14.1. The minimum Gasteiger partial charge on any atom is -0.389 e. The van der Waals surface area contributed by atoms with Crippen molar-refractivity contribution in [1.82, 2.24) is 14.8 Å². The second kappa shape index (κ2) is 9.21. The van der Waals surface area contributed by atoms with E-state index in [2.05, 4.69) is 20.3 Å². The molecule has 1 aromatic carbocycles. The number of carbonyl (C=O) groups excluding carboxylic acids is 1. The van der Waals surface area contributed by atoms with Gasteiger partial charge in [-0.2, -0.15) is 5.10 Å². The van der Waals surface area contributed by atoms with Gasteiger partial charge < -0.3 is 21.7 Å². The highest BCUT2D eigenvalue weighted by molar-refractivity contribution is 7.19. The number of nitrogens with two attached hydrogens (primary N) is 2. The average Bonchev–Trinajstić information content (AvgIpc) is 3.31. The maximum absolute atomic E-state index is 14.1. The van der Waals surface area contributed by atoms with Crippen molar-refractivity contribution in [2.75, 3.05) is 35.6 Å². The van der Waals surface area contributed by atoms with Gasteiger partial charge >= 0.3 is 0 Å². The van der Waals surface area contributed by atoms with E-state index in [-0.39, 0.29) is 21.3 Å². The summed E-state index contributed by atoms with van der Waals surface area (Å²) in [5.41, 5.74) is 11.9. The van der Waals surface area contributed by atoms with Crippen LogP contribution in [0.4, 0.5) is 25.3 Å². The first-order valence-electron chi connectivity index (χ1n) is 10.4. The second-order valence-corrected chi connectivity index (χ2v) is 8.85. The van der Waals surface area contributed by atoms with E-state index in [0.29, 0.717) is 18.2 Å². The largest absolute Gasteiger partial charge is 0.389 e. The number of carbonyl (C=O) groups is 1. The van der Waals surface area contributed by atoms with Crippen molar-refractivity contribution >= 4 is 33.8 Å². The molecule has 0 bridgehead atoms. The molecule has 11 heteroatoms. The Kier molecular flexibility index (Phi) is 6.38. The lowest BCUT2D eigenvalue weighted by Gasteiger charge is -2.34. The van der Waals surface area contributed by atoms with Crippen molar-refractivity contribution in [2.24, 2.45) is 18.7 Å². The van der Waals surface area contributed by atoms with Gasteiger partial charge in [0.05, 0.1) is 11.8 Å². The molecule has 170 valence electrons. The number of benzene rings is 1. The minimum absolute atomic E-state index is 0.00955. The first-order valence-corrected chi connectivity index (χ1v) is 11.2. The van der Waals surface area contributed by atoms with Gasteiger partial charge in [-0.3, -0.25) is 9.48 Å². The number of nitrogen functional groups attached to an aromatic ring is 1. The summed E-state index contributed by atoms with van der Waals surface area (Å²) in [5.74, 6) is -0.824. The highest BCUT2D eigenvalue weighted by atomic mass is 32.1. The first-order chi connectivity index (χ1) is 15.4. The molecule has 3 aromatic rings. The summed E-state index contributed by atoms with van der Waals surface area (Å²) in [6.45, 7) is 2.32. The Morgan fingerprint density at radius 3 is 2.81 bits per heavy atom. The fourth-order valence-corrected chi connectivity index (χ4v) is 4.99. The van der Waals surface area contributed by atoms with Crippen molar-refractivity contribution in [3.05, 3.63) is 41.7 Å². The highest BCUT2D eigenvalue weighted by Crippen LogP contribution is 2.35. The van der Waals surface area contributed by atoms with Gasteiger partial charge in [-0.05, 0) is 43.9 Å². The number of piperidine rings is 1. The van der Waals surface area contributed by atoms with E-state index in [1.54, 1.807) is 10.9 Å². The summed E-state index contributed by atoms with van der Waals surface area (Å²) >= 11 is 0.861. The monoisotopic (exact) mass is 461 g/mol. The lowest BCUT2D eigenvalue weighted by Crippen LogP contribution is -2.37. The number of halogens is 2.